The summed E-state index contributed by atoms with van der Waals surface area (Å²) in [6, 6.07) is 7.42. The highest BCUT2D eigenvalue weighted by molar-refractivity contribution is 7.85. The first-order chi connectivity index (χ1) is 9.07. The van der Waals surface area contributed by atoms with Crippen molar-refractivity contribution in [2.75, 3.05) is 0 Å². The first-order valence-electron chi connectivity index (χ1n) is 5.91. The van der Waals surface area contributed by atoms with E-state index in [1.807, 2.05) is 0 Å². The SMILES string of the molecule is CC(O)N(C(C)O)C(C)O.O=S(=O)(O)c1ccccc1. The standard InChI is InChI=1S/C6H15NO3.C6H6O3S/c1-4(8)7(5(2)9)6(3)10;7-10(8,9)6-4-2-1-3-5-6/h4-6,8-10H,1-3H3;1-5H,(H,7,8,9). The number of rotatable bonds is 4. The lowest BCUT2D eigenvalue weighted by Gasteiger charge is -2.30. The van der Waals surface area contributed by atoms with Gasteiger partial charge in [0.2, 0.25) is 0 Å². The molecule has 0 aliphatic rings. The third-order valence-corrected chi connectivity index (χ3v) is 3.20. The lowest BCUT2D eigenvalue weighted by molar-refractivity contribution is -0.159. The minimum Gasteiger partial charge on any atom is -0.379 e. The normalized spacial score (nSPS) is 16.0. The molecule has 1 aromatic rings. The van der Waals surface area contributed by atoms with E-state index >= 15 is 0 Å². The highest BCUT2D eigenvalue weighted by Crippen LogP contribution is 2.05. The Morgan fingerprint density at radius 2 is 1.25 bits per heavy atom. The van der Waals surface area contributed by atoms with Gasteiger partial charge in [0.1, 0.15) is 18.7 Å². The van der Waals surface area contributed by atoms with E-state index < -0.39 is 28.8 Å². The third kappa shape index (κ3) is 6.94. The highest BCUT2D eigenvalue weighted by atomic mass is 32.2. The first kappa shape index (κ1) is 19.0. The van der Waals surface area contributed by atoms with Crippen LogP contribution in [-0.4, -0.2) is 51.9 Å². The Morgan fingerprint density at radius 3 is 1.40 bits per heavy atom. The van der Waals surface area contributed by atoms with Gasteiger partial charge >= 0.3 is 0 Å². The average Bonchev–Trinajstić information content (AvgIpc) is 2.28. The fourth-order valence-corrected chi connectivity index (χ4v) is 2.03. The van der Waals surface area contributed by atoms with Crippen molar-refractivity contribution < 1.29 is 28.3 Å². The molecular formula is C12H21NO6S. The maximum atomic E-state index is 10.4. The Hall–Kier alpha value is -1.03. The zero-order valence-electron chi connectivity index (χ0n) is 11.6. The molecule has 0 saturated carbocycles. The molecule has 0 aliphatic heterocycles. The van der Waals surface area contributed by atoms with Gasteiger partial charge < -0.3 is 15.3 Å². The third-order valence-electron chi connectivity index (χ3n) is 2.34. The molecule has 116 valence electrons. The smallest absolute Gasteiger partial charge is 0.294 e. The van der Waals surface area contributed by atoms with Crippen LogP contribution in [0.15, 0.2) is 35.2 Å². The Balaban J connectivity index is 0.000000361. The molecule has 0 heterocycles. The average molecular weight is 307 g/mol. The minimum absolute atomic E-state index is 0.0741. The van der Waals surface area contributed by atoms with Gasteiger partial charge in [0.05, 0.1) is 4.90 Å². The summed E-state index contributed by atoms with van der Waals surface area (Å²) in [7, 11) is -4.00. The maximum absolute atomic E-state index is 10.4. The van der Waals surface area contributed by atoms with E-state index in [1.165, 1.54) is 37.8 Å². The number of hydrogen-bond donors (Lipinski definition) is 4. The lowest BCUT2D eigenvalue weighted by atomic mass is 10.4. The molecule has 0 aromatic heterocycles. The van der Waals surface area contributed by atoms with Crippen LogP contribution < -0.4 is 0 Å². The number of benzene rings is 1. The van der Waals surface area contributed by atoms with Gasteiger partial charge in [-0.15, -0.1) is 0 Å². The summed E-state index contributed by atoms with van der Waals surface area (Å²) < 4.78 is 29.2. The molecule has 3 atom stereocenters. The number of nitrogens with zero attached hydrogens (tertiary/aromatic N) is 1. The molecule has 0 saturated heterocycles. The van der Waals surface area contributed by atoms with Crippen LogP contribution in [0.25, 0.3) is 0 Å². The van der Waals surface area contributed by atoms with E-state index in [2.05, 4.69) is 0 Å². The van der Waals surface area contributed by atoms with Gasteiger partial charge in [-0.25, -0.2) is 4.90 Å². The second-order valence-electron chi connectivity index (χ2n) is 4.13. The molecule has 8 heteroatoms. The molecule has 3 unspecified atom stereocenters. The van der Waals surface area contributed by atoms with Gasteiger partial charge in [-0.05, 0) is 32.9 Å². The van der Waals surface area contributed by atoms with Gasteiger partial charge in [-0.3, -0.25) is 4.55 Å². The van der Waals surface area contributed by atoms with E-state index in [1.54, 1.807) is 18.2 Å². The predicted molar refractivity (Wildman–Crippen MR) is 73.1 cm³/mol. The van der Waals surface area contributed by atoms with Crippen LogP contribution >= 0.6 is 0 Å². The maximum Gasteiger partial charge on any atom is 0.294 e. The number of aliphatic hydroxyl groups is 3. The van der Waals surface area contributed by atoms with Crippen molar-refractivity contribution in [2.45, 2.75) is 44.4 Å². The van der Waals surface area contributed by atoms with Gasteiger partial charge in [0, 0.05) is 0 Å². The fraction of sp³-hybridized carbons (Fsp3) is 0.500. The summed E-state index contributed by atoms with van der Waals surface area (Å²) in [4.78, 5) is 1.09. The molecule has 0 aliphatic carbocycles. The molecule has 1 aromatic carbocycles. The van der Waals surface area contributed by atoms with Crippen molar-refractivity contribution in [3.05, 3.63) is 30.3 Å². The number of aliphatic hydroxyl groups excluding tert-OH is 3. The van der Waals surface area contributed by atoms with Crippen LogP contribution in [0.5, 0.6) is 0 Å². The summed E-state index contributed by atoms with van der Waals surface area (Å²) in [6.07, 6.45) is -2.50. The molecule has 0 radical (unpaired) electrons. The van der Waals surface area contributed by atoms with E-state index in [4.69, 9.17) is 19.9 Å². The van der Waals surface area contributed by atoms with E-state index in [-0.39, 0.29) is 4.90 Å². The van der Waals surface area contributed by atoms with Crippen molar-refractivity contribution in [1.29, 1.82) is 0 Å². The molecule has 20 heavy (non-hydrogen) atoms. The summed E-state index contributed by atoms with van der Waals surface area (Å²) in [5.74, 6) is 0. The molecule has 7 nitrogen and oxygen atoms in total. The first-order valence-corrected chi connectivity index (χ1v) is 7.35. The van der Waals surface area contributed by atoms with E-state index in [9.17, 15) is 8.42 Å². The van der Waals surface area contributed by atoms with Crippen LogP contribution in [0.3, 0.4) is 0 Å². The molecule has 0 amide bonds. The largest absolute Gasteiger partial charge is 0.379 e. The van der Waals surface area contributed by atoms with Crippen molar-refractivity contribution in [3.8, 4) is 0 Å². The Morgan fingerprint density at radius 1 is 0.900 bits per heavy atom. The monoisotopic (exact) mass is 307 g/mol. The lowest BCUT2D eigenvalue weighted by Crippen LogP contribution is -2.45. The Kier molecular flexibility index (Phi) is 7.87. The van der Waals surface area contributed by atoms with Gasteiger partial charge in [0.15, 0.2) is 0 Å². The quantitative estimate of drug-likeness (QED) is 0.464. The van der Waals surface area contributed by atoms with Crippen LogP contribution in [-0.2, 0) is 10.1 Å². The van der Waals surface area contributed by atoms with Crippen LogP contribution in [0, 0.1) is 0 Å². The van der Waals surface area contributed by atoms with Gasteiger partial charge in [0.25, 0.3) is 10.1 Å². The summed E-state index contributed by atoms with van der Waals surface area (Å²) in [5.41, 5.74) is 0. The van der Waals surface area contributed by atoms with Gasteiger partial charge in [-0.1, -0.05) is 18.2 Å². The fourth-order valence-electron chi connectivity index (χ4n) is 1.53. The van der Waals surface area contributed by atoms with Crippen molar-refractivity contribution >= 4 is 10.1 Å². The van der Waals surface area contributed by atoms with Crippen molar-refractivity contribution in [3.63, 3.8) is 0 Å². The molecular weight excluding hydrogens is 286 g/mol. The molecule has 1 rings (SSSR count). The molecule has 0 spiro atoms. The number of hydrogen-bond acceptors (Lipinski definition) is 6. The zero-order valence-corrected chi connectivity index (χ0v) is 12.4. The van der Waals surface area contributed by atoms with Crippen LogP contribution in [0.2, 0.25) is 0 Å². The molecule has 4 N–H and O–H groups in total. The van der Waals surface area contributed by atoms with E-state index in [0.29, 0.717) is 0 Å². The second-order valence-corrected chi connectivity index (χ2v) is 5.55. The van der Waals surface area contributed by atoms with Crippen LogP contribution in [0.1, 0.15) is 20.8 Å². The van der Waals surface area contributed by atoms with Gasteiger partial charge in [-0.2, -0.15) is 8.42 Å². The summed E-state index contributed by atoms with van der Waals surface area (Å²) in [6.45, 7) is 4.46. The highest BCUT2D eigenvalue weighted by Gasteiger charge is 2.20. The molecule has 0 bridgehead atoms. The Bertz CT molecular complexity index is 453. The van der Waals surface area contributed by atoms with Crippen molar-refractivity contribution in [1.82, 2.24) is 4.90 Å². The molecule has 0 fully saturated rings. The summed E-state index contributed by atoms with van der Waals surface area (Å²) >= 11 is 0. The van der Waals surface area contributed by atoms with Crippen LogP contribution in [0.4, 0.5) is 0 Å². The van der Waals surface area contributed by atoms with Crippen molar-refractivity contribution in [2.24, 2.45) is 0 Å². The summed E-state index contributed by atoms with van der Waals surface area (Å²) in [5, 5.41) is 26.9. The topological polar surface area (TPSA) is 118 Å². The zero-order chi connectivity index (χ0) is 15.9. The Labute approximate surface area is 118 Å². The predicted octanol–water partition coefficient (Wildman–Crippen LogP) is 0.237. The minimum atomic E-state index is -4.00. The van der Waals surface area contributed by atoms with E-state index in [0.717, 1.165) is 0 Å². The second kappa shape index (κ2) is 8.30.